The van der Waals surface area contributed by atoms with Crippen LogP contribution >= 0.6 is 15.9 Å². The first-order valence-corrected chi connectivity index (χ1v) is 11.5. The van der Waals surface area contributed by atoms with Crippen LogP contribution in [0.5, 0.6) is 5.75 Å². The van der Waals surface area contributed by atoms with E-state index in [2.05, 4.69) is 45.3 Å². The zero-order valence-electron chi connectivity index (χ0n) is 18.0. The van der Waals surface area contributed by atoms with Gasteiger partial charge in [-0.1, -0.05) is 76.6 Å². The second-order valence-corrected chi connectivity index (χ2v) is 8.72. The van der Waals surface area contributed by atoms with Gasteiger partial charge in [0.1, 0.15) is 12.4 Å². The highest BCUT2D eigenvalue weighted by Gasteiger charge is 2.28. The van der Waals surface area contributed by atoms with Crippen molar-refractivity contribution >= 4 is 50.1 Å². The number of fused-ring (bicyclic) bond motifs is 1. The summed E-state index contributed by atoms with van der Waals surface area (Å²) in [4.78, 5) is 13.1. The number of carbonyl (C=O) groups excluding carboxylic acids is 1. The van der Waals surface area contributed by atoms with Gasteiger partial charge < -0.3 is 4.74 Å². The van der Waals surface area contributed by atoms with Gasteiger partial charge in [0.15, 0.2) is 0 Å². The van der Waals surface area contributed by atoms with Crippen LogP contribution in [0.2, 0.25) is 0 Å². The minimum Gasteiger partial charge on any atom is -0.488 e. The maximum atomic E-state index is 13.1. The average Bonchev–Trinajstić information content (AvgIpc) is 3.12. The van der Waals surface area contributed by atoms with Gasteiger partial charge in [-0.15, -0.1) is 0 Å². The van der Waals surface area contributed by atoms with Crippen LogP contribution in [0.3, 0.4) is 0 Å². The molecular weight excluding hydrogens is 476 g/mol. The first kappa shape index (κ1) is 21.2. The standard InChI is InChI=1S/C28H21BrN2O2/c1-19-26(28(32)31(30-19)24-11-3-2-4-12-24)17-22-16-23(29)14-15-27(22)33-18-21-10-7-9-20-8-5-6-13-25(20)21/h2-17H,18H2,1H3/b26-17+. The highest BCUT2D eigenvalue weighted by Crippen LogP contribution is 2.30. The number of carbonyl (C=O) groups is 1. The zero-order chi connectivity index (χ0) is 22.8. The number of benzene rings is 4. The minimum absolute atomic E-state index is 0.154. The van der Waals surface area contributed by atoms with Crippen LogP contribution in [0.4, 0.5) is 5.69 Å². The van der Waals surface area contributed by atoms with E-state index in [4.69, 9.17) is 4.74 Å². The topological polar surface area (TPSA) is 41.9 Å². The highest BCUT2D eigenvalue weighted by atomic mass is 79.9. The molecule has 0 unspecified atom stereocenters. The van der Waals surface area contributed by atoms with Crippen molar-refractivity contribution in [1.82, 2.24) is 0 Å². The van der Waals surface area contributed by atoms with Gasteiger partial charge in [0.05, 0.1) is 17.0 Å². The van der Waals surface area contributed by atoms with Crippen molar-refractivity contribution in [2.24, 2.45) is 5.10 Å². The summed E-state index contributed by atoms with van der Waals surface area (Å²) in [5.74, 6) is 0.552. The van der Waals surface area contributed by atoms with E-state index < -0.39 is 0 Å². The van der Waals surface area contributed by atoms with Crippen LogP contribution < -0.4 is 9.75 Å². The maximum Gasteiger partial charge on any atom is 0.280 e. The summed E-state index contributed by atoms with van der Waals surface area (Å²) in [6, 6.07) is 29.7. The number of hydrazone groups is 1. The second kappa shape index (κ2) is 9.04. The van der Waals surface area contributed by atoms with Crippen molar-refractivity contribution in [3.8, 4) is 5.75 Å². The van der Waals surface area contributed by atoms with Crippen molar-refractivity contribution in [2.45, 2.75) is 13.5 Å². The van der Waals surface area contributed by atoms with E-state index in [1.54, 1.807) is 0 Å². The lowest BCUT2D eigenvalue weighted by Crippen LogP contribution is -2.21. The van der Waals surface area contributed by atoms with Crippen LogP contribution in [-0.4, -0.2) is 11.6 Å². The molecule has 0 bridgehead atoms. The number of halogens is 1. The molecule has 0 atom stereocenters. The molecule has 0 fully saturated rings. The fraction of sp³-hybridized carbons (Fsp3) is 0.0714. The molecule has 0 spiro atoms. The van der Waals surface area contributed by atoms with E-state index in [1.165, 1.54) is 15.8 Å². The number of para-hydroxylation sites is 1. The van der Waals surface area contributed by atoms with Gasteiger partial charge in [0, 0.05) is 10.0 Å². The van der Waals surface area contributed by atoms with E-state index in [9.17, 15) is 4.79 Å². The molecule has 5 heteroatoms. The van der Waals surface area contributed by atoms with Crippen molar-refractivity contribution in [1.29, 1.82) is 0 Å². The molecule has 0 saturated carbocycles. The summed E-state index contributed by atoms with van der Waals surface area (Å²) in [7, 11) is 0. The Bertz CT molecular complexity index is 1400. The smallest absolute Gasteiger partial charge is 0.280 e. The normalized spacial score (nSPS) is 14.7. The van der Waals surface area contributed by atoms with E-state index >= 15 is 0 Å². The Hall–Kier alpha value is -3.70. The lowest BCUT2D eigenvalue weighted by atomic mass is 10.0. The van der Waals surface area contributed by atoms with Crippen LogP contribution in [0.15, 0.2) is 106 Å². The molecule has 1 aliphatic rings. The molecule has 33 heavy (non-hydrogen) atoms. The zero-order valence-corrected chi connectivity index (χ0v) is 19.6. The summed E-state index contributed by atoms with van der Waals surface area (Å²) in [6.07, 6.45) is 1.85. The summed E-state index contributed by atoms with van der Waals surface area (Å²) in [6.45, 7) is 2.28. The molecule has 0 N–H and O–H groups in total. The highest BCUT2D eigenvalue weighted by molar-refractivity contribution is 9.10. The molecule has 0 saturated heterocycles. The molecule has 4 aromatic carbocycles. The number of hydrogen-bond donors (Lipinski definition) is 0. The molecule has 162 valence electrons. The first-order valence-electron chi connectivity index (χ1n) is 10.7. The molecule has 1 heterocycles. The molecule has 0 aromatic heterocycles. The van der Waals surface area contributed by atoms with E-state index in [-0.39, 0.29) is 5.91 Å². The lowest BCUT2D eigenvalue weighted by molar-refractivity contribution is -0.114. The molecule has 4 nitrogen and oxygen atoms in total. The predicted molar refractivity (Wildman–Crippen MR) is 137 cm³/mol. The molecule has 1 aliphatic heterocycles. The average molecular weight is 497 g/mol. The van der Waals surface area contributed by atoms with Crippen LogP contribution in [0, 0.1) is 0 Å². The number of amides is 1. The summed E-state index contributed by atoms with van der Waals surface area (Å²) in [5, 5.41) is 8.27. The number of hydrogen-bond acceptors (Lipinski definition) is 3. The van der Waals surface area contributed by atoms with Gasteiger partial charge in [-0.3, -0.25) is 4.79 Å². The lowest BCUT2D eigenvalue weighted by Gasteiger charge is -2.13. The molecular formula is C28H21BrN2O2. The minimum atomic E-state index is -0.154. The SMILES string of the molecule is CC1=NN(c2ccccc2)C(=O)/C1=C/c1cc(Br)ccc1OCc1cccc2ccccc12. The van der Waals surface area contributed by atoms with Crippen LogP contribution in [0.1, 0.15) is 18.1 Å². The Morgan fingerprint density at radius 1 is 0.939 bits per heavy atom. The number of rotatable bonds is 5. The third kappa shape index (κ3) is 4.32. The van der Waals surface area contributed by atoms with Gasteiger partial charge in [0.25, 0.3) is 5.91 Å². The molecule has 5 rings (SSSR count). The van der Waals surface area contributed by atoms with Crippen LogP contribution in [0.25, 0.3) is 16.8 Å². The third-order valence-corrected chi connectivity index (χ3v) is 6.09. The Morgan fingerprint density at radius 3 is 2.55 bits per heavy atom. The van der Waals surface area contributed by atoms with E-state index in [0.717, 1.165) is 21.3 Å². The van der Waals surface area contributed by atoms with Crippen molar-refractivity contribution in [3.63, 3.8) is 0 Å². The van der Waals surface area contributed by atoms with Gasteiger partial charge in [-0.2, -0.15) is 10.1 Å². The predicted octanol–water partition coefficient (Wildman–Crippen LogP) is 6.99. The fourth-order valence-electron chi connectivity index (χ4n) is 3.92. The Kier molecular flexibility index (Phi) is 5.80. The van der Waals surface area contributed by atoms with Gasteiger partial charge in [-0.05, 0) is 59.7 Å². The molecule has 0 aliphatic carbocycles. The fourth-order valence-corrected chi connectivity index (χ4v) is 4.30. The van der Waals surface area contributed by atoms with Crippen LogP contribution in [-0.2, 0) is 11.4 Å². The quantitative estimate of drug-likeness (QED) is 0.279. The molecule has 1 amide bonds. The van der Waals surface area contributed by atoms with E-state index in [1.807, 2.05) is 79.7 Å². The summed E-state index contributed by atoms with van der Waals surface area (Å²) >= 11 is 3.54. The number of nitrogens with zero attached hydrogens (tertiary/aromatic N) is 2. The Morgan fingerprint density at radius 2 is 1.70 bits per heavy atom. The van der Waals surface area contributed by atoms with Gasteiger partial charge in [-0.25, -0.2) is 0 Å². The number of ether oxygens (including phenoxy) is 1. The Labute approximate surface area is 200 Å². The third-order valence-electron chi connectivity index (χ3n) is 5.60. The number of anilines is 1. The van der Waals surface area contributed by atoms with Crippen molar-refractivity contribution < 1.29 is 9.53 Å². The summed E-state index contributed by atoms with van der Waals surface area (Å²) in [5.41, 5.74) is 3.89. The molecule has 0 radical (unpaired) electrons. The maximum absolute atomic E-state index is 13.1. The van der Waals surface area contributed by atoms with Crippen molar-refractivity contribution in [3.05, 3.63) is 112 Å². The van der Waals surface area contributed by atoms with Gasteiger partial charge >= 0.3 is 0 Å². The summed E-state index contributed by atoms with van der Waals surface area (Å²) < 4.78 is 7.16. The second-order valence-electron chi connectivity index (χ2n) is 7.81. The monoisotopic (exact) mass is 496 g/mol. The Balaban J connectivity index is 1.45. The molecule has 4 aromatic rings. The van der Waals surface area contributed by atoms with Gasteiger partial charge in [0.2, 0.25) is 0 Å². The van der Waals surface area contributed by atoms with E-state index in [0.29, 0.717) is 23.6 Å². The largest absolute Gasteiger partial charge is 0.488 e. The first-order chi connectivity index (χ1) is 16.1. The van der Waals surface area contributed by atoms with Crippen molar-refractivity contribution in [2.75, 3.05) is 5.01 Å².